The number of para-hydroxylation sites is 1. The molecule has 3 rings (SSSR count). The number of hydrogen-bond acceptors (Lipinski definition) is 11. The van der Waals surface area contributed by atoms with Crippen LogP contribution in [-0.4, -0.2) is 62.1 Å². The summed E-state index contributed by atoms with van der Waals surface area (Å²) in [5.41, 5.74) is -0.186. The lowest BCUT2D eigenvalue weighted by Gasteiger charge is -2.39. The van der Waals surface area contributed by atoms with E-state index in [0.717, 1.165) is 26.4 Å². The van der Waals surface area contributed by atoms with Gasteiger partial charge in [0.15, 0.2) is 14.0 Å². The molecule has 0 bridgehead atoms. The lowest BCUT2D eigenvalue weighted by Crippen LogP contribution is -2.55. The zero-order valence-electron chi connectivity index (χ0n) is 25.5. The summed E-state index contributed by atoms with van der Waals surface area (Å²) < 4.78 is 41.4. The highest BCUT2D eigenvalue weighted by molar-refractivity contribution is 8.77. The first-order valence-corrected chi connectivity index (χ1v) is 20.9. The van der Waals surface area contributed by atoms with Crippen LogP contribution in [0.25, 0.3) is 10.2 Å². The smallest absolute Gasteiger partial charge is 0.359 e. The topological polar surface area (TPSA) is 112 Å². The van der Waals surface area contributed by atoms with E-state index in [-0.39, 0.29) is 35.1 Å². The van der Waals surface area contributed by atoms with E-state index in [4.69, 9.17) is 18.3 Å². The van der Waals surface area contributed by atoms with Crippen molar-refractivity contribution in [1.82, 2.24) is 9.88 Å². The van der Waals surface area contributed by atoms with Crippen LogP contribution in [0.4, 0.5) is 0 Å². The number of carbonyl (C=O) groups is 2. The van der Waals surface area contributed by atoms with E-state index in [9.17, 15) is 18.0 Å². The zero-order valence-corrected chi connectivity index (χ0v) is 29.7. The van der Waals surface area contributed by atoms with Gasteiger partial charge in [-0.05, 0) is 64.9 Å². The second kappa shape index (κ2) is 12.2. The Hall–Kier alpha value is -1.58. The summed E-state index contributed by atoms with van der Waals surface area (Å²) in [5.74, 6) is -1.36. The van der Waals surface area contributed by atoms with Gasteiger partial charge in [0.25, 0.3) is 0 Å². The second-order valence-electron chi connectivity index (χ2n) is 12.5. The van der Waals surface area contributed by atoms with Crippen LogP contribution < -0.4 is 0 Å². The Kier molecular flexibility index (Phi) is 10.1. The van der Waals surface area contributed by atoms with E-state index >= 15 is 0 Å². The monoisotopic (exact) mass is 660 g/mol. The second-order valence-corrected chi connectivity index (χ2v) is 22.3. The van der Waals surface area contributed by atoms with Crippen molar-refractivity contribution >= 4 is 73.5 Å². The summed E-state index contributed by atoms with van der Waals surface area (Å²) in [6.07, 6.45) is 0.747. The van der Waals surface area contributed by atoms with E-state index < -0.39 is 35.3 Å². The number of thiazole rings is 1. The molecule has 41 heavy (non-hydrogen) atoms. The van der Waals surface area contributed by atoms with Gasteiger partial charge in [0.2, 0.25) is 5.91 Å². The van der Waals surface area contributed by atoms with Crippen molar-refractivity contribution in [1.29, 1.82) is 0 Å². The predicted octanol–water partition coefficient (Wildman–Crippen LogP) is 6.88. The molecule has 0 aliphatic carbocycles. The Bertz CT molecular complexity index is 1460. The average Bonchev–Trinajstić information content (AvgIpc) is 3.22. The summed E-state index contributed by atoms with van der Waals surface area (Å²) in [6.45, 7) is 19.7. The first-order valence-electron chi connectivity index (χ1n) is 13.2. The van der Waals surface area contributed by atoms with Gasteiger partial charge in [-0.3, -0.25) is 4.79 Å². The van der Waals surface area contributed by atoms with Crippen molar-refractivity contribution in [2.24, 2.45) is 0 Å². The van der Waals surface area contributed by atoms with Crippen molar-refractivity contribution in [2.45, 2.75) is 95.4 Å². The normalized spacial score (nSPS) is 18.2. The fourth-order valence-electron chi connectivity index (χ4n) is 3.67. The maximum atomic E-state index is 13.2. The molecule has 1 fully saturated rings. The van der Waals surface area contributed by atoms with Crippen molar-refractivity contribution in [2.75, 3.05) is 12.8 Å². The van der Waals surface area contributed by atoms with Gasteiger partial charge in [-0.1, -0.05) is 48.4 Å². The summed E-state index contributed by atoms with van der Waals surface area (Å²) in [6, 6.07) is 5.97. The number of β-lactam (4-membered cyclic amide) rings is 1. The number of allylic oxidation sites excluding steroid dienone is 1. The highest BCUT2D eigenvalue weighted by Crippen LogP contribution is 2.45. The largest absolute Gasteiger partial charge is 0.455 e. The molecule has 0 unspecified atom stereocenters. The molecule has 1 aromatic carbocycles. The number of ether oxygens (including phenoxy) is 1. The number of fused-ring (bicyclic) bond motifs is 1. The molecule has 228 valence electrons. The molecular formula is C27H40N2O7S4Si. The Morgan fingerprint density at radius 1 is 1.20 bits per heavy atom. The minimum absolute atomic E-state index is 0.0901. The fourth-order valence-corrected chi connectivity index (χ4v) is 9.17. The van der Waals surface area contributed by atoms with Crippen LogP contribution >= 0.6 is 32.9 Å². The van der Waals surface area contributed by atoms with Crippen LogP contribution in [-0.2, 0) is 33.1 Å². The minimum Gasteiger partial charge on any atom is -0.455 e. The van der Waals surface area contributed by atoms with Crippen LogP contribution in [0.2, 0.25) is 18.1 Å². The number of rotatable bonds is 10. The van der Waals surface area contributed by atoms with Crippen molar-refractivity contribution in [3.8, 4) is 0 Å². The third-order valence-corrected chi connectivity index (χ3v) is 15.6. The molecule has 14 heteroatoms. The van der Waals surface area contributed by atoms with E-state index in [1.54, 1.807) is 32.1 Å². The first kappa shape index (κ1) is 33.9. The molecule has 1 aliphatic heterocycles. The van der Waals surface area contributed by atoms with Crippen molar-refractivity contribution in [3.63, 3.8) is 0 Å². The molecular weight excluding hydrogens is 621 g/mol. The Morgan fingerprint density at radius 3 is 2.37 bits per heavy atom. The third kappa shape index (κ3) is 8.50. The molecule has 0 N–H and O–H groups in total. The highest BCUT2D eigenvalue weighted by atomic mass is 33.1. The van der Waals surface area contributed by atoms with E-state index in [1.165, 1.54) is 33.4 Å². The van der Waals surface area contributed by atoms with Crippen LogP contribution in [0.15, 0.2) is 34.6 Å². The molecule has 0 spiro atoms. The maximum Gasteiger partial charge on any atom is 0.359 e. The molecule has 0 saturated carbocycles. The van der Waals surface area contributed by atoms with Gasteiger partial charge in [-0.15, -0.1) is 11.3 Å². The van der Waals surface area contributed by atoms with Crippen LogP contribution in [0.3, 0.4) is 0 Å². The molecule has 1 aromatic heterocycles. The van der Waals surface area contributed by atoms with Crippen LogP contribution in [0.1, 0.15) is 66.5 Å². The number of esters is 1. The quantitative estimate of drug-likeness (QED) is 0.0508. The number of benzene rings is 1. The fraction of sp³-hybridized carbons (Fsp3) is 0.593. The first-order chi connectivity index (χ1) is 18.6. The number of carbonyl (C=O) groups excluding carboxylic acids is 2. The number of amides is 1. The number of likely N-dealkylation sites (tertiary alicyclic amines) is 1. The minimum atomic E-state index is -3.91. The Labute approximate surface area is 256 Å². The number of aromatic nitrogens is 1. The number of nitrogens with zero attached hydrogens (tertiary/aromatic N) is 2. The van der Waals surface area contributed by atoms with E-state index in [0.29, 0.717) is 0 Å². The molecule has 9 nitrogen and oxygen atoms in total. The summed E-state index contributed by atoms with van der Waals surface area (Å²) >= 11 is 1.61. The summed E-state index contributed by atoms with van der Waals surface area (Å²) in [7, 11) is -3.05. The van der Waals surface area contributed by atoms with E-state index in [2.05, 4.69) is 33.9 Å². The Balaban J connectivity index is 1.75. The summed E-state index contributed by atoms with van der Waals surface area (Å²) in [4.78, 5) is 33.1. The lowest BCUT2D eigenvalue weighted by molar-refractivity contribution is -0.156. The molecule has 2 aromatic rings. The van der Waals surface area contributed by atoms with Crippen LogP contribution in [0, 0.1) is 0 Å². The number of hydrogen-bond donors (Lipinski definition) is 0. The van der Waals surface area contributed by atoms with Gasteiger partial charge in [-0.2, -0.15) is 8.42 Å². The van der Waals surface area contributed by atoms with Gasteiger partial charge >= 0.3 is 16.1 Å². The predicted molar refractivity (Wildman–Crippen MR) is 170 cm³/mol. The average molecular weight is 661 g/mol. The molecule has 1 amide bonds. The molecule has 2 atom stereocenters. The Morgan fingerprint density at radius 2 is 1.83 bits per heavy atom. The summed E-state index contributed by atoms with van der Waals surface area (Å²) in [5, 5.41) is 0.562. The van der Waals surface area contributed by atoms with Crippen molar-refractivity contribution < 1.29 is 31.4 Å². The van der Waals surface area contributed by atoms with Crippen molar-refractivity contribution in [3.05, 3.63) is 34.7 Å². The molecule has 1 saturated heterocycles. The van der Waals surface area contributed by atoms with Gasteiger partial charge < -0.3 is 18.2 Å². The van der Waals surface area contributed by atoms with Gasteiger partial charge in [-0.25, -0.2) is 9.78 Å². The molecule has 2 heterocycles. The lowest BCUT2D eigenvalue weighted by atomic mass is 10.1. The van der Waals surface area contributed by atoms with Gasteiger partial charge in [0.1, 0.15) is 21.6 Å². The van der Waals surface area contributed by atoms with E-state index in [1.807, 2.05) is 25.1 Å². The molecule has 1 aliphatic rings. The maximum absolute atomic E-state index is 13.2. The highest BCUT2D eigenvalue weighted by Gasteiger charge is 2.44. The van der Waals surface area contributed by atoms with Crippen LogP contribution in [0.5, 0.6) is 0 Å². The third-order valence-electron chi connectivity index (χ3n) is 6.64. The SMILES string of the molecule is CC(OS(C)(=O)=O)=C(C(=O)OC(C)(C)C)N1C[C@H](SSc2cccc3sc([C@@H](C)O[Si](C)(C)C(C)(C)C)nc23)C1=O. The standard InChI is InChI=1S/C27H40N2O7S4Si/c1-16(35-40(9,32)33)22(25(31)34-26(3,4)5)29-15-20(24(29)30)39-38-19-14-12-13-18-21(19)28-23(37-18)17(2)36-41(10,11)27(6,7)8/h12-14,17,20H,15H2,1-11H3/t17-,20+/m1/s1. The van der Waals surface area contributed by atoms with Gasteiger partial charge in [0, 0.05) is 11.4 Å². The zero-order chi connectivity index (χ0) is 31.1. The van der Waals surface area contributed by atoms with Gasteiger partial charge in [0.05, 0.1) is 22.6 Å². The molecule has 0 radical (unpaired) electrons.